The van der Waals surface area contributed by atoms with E-state index in [1.807, 2.05) is 0 Å². The lowest BCUT2D eigenvalue weighted by molar-refractivity contribution is -0.139. The van der Waals surface area contributed by atoms with Gasteiger partial charge >= 0.3 is 6.18 Å². The highest BCUT2D eigenvalue weighted by Gasteiger charge is 2.34. The number of carbonyl (C=O) groups excluding carboxylic acids is 1. The highest BCUT2D eigenvalue weighted by atomic mass is 19.4. The third kappa shape index (κ3) is 6.52. The SMILES string of the molecule is COc1cc(CNC(=O)COc2ccccc2C(F)(F)F)ccc1OCC1CCCO1. The largest absolute Gasteiger partial charge is 0.493 e. The molecule has 2 aromatic rings. The van der Waals surface area contributed by atoms with Crippen LogP contribution in [0.4, 0.5) is 13.2 Å². The summed E-state index contributed by atoms with van der Waals surface area (Å²) in [5, 5.41) is 2.61. The van der Waals surface area contributed by atoms with Gasteiger partial charge in [0, 0.05) is 13.2 Å². The van der Waals surface area contributed by atoms with Crippen LogP contribution in [0.2, 0.25) is 0 Å². The van der Waals surface area contributed by atoms with Gasteiger partial charge in [0.15, 0.2) is 18.1 Å². The van der Waals surface area contributed by atoms with Gasteiger partial charge in [-0.2, -0.15) is 13.2 Å². The first-order valence-electron chi connectivity index (χ1n) is 9.84. The Bertz CT molecular complexity index is 882. The minimum atomic E-state index is -4.56. The molecule has 1 N–H and O–H groups in total. The van der Waals surface area contributed by atoms with Crippen LogP contribution in [-0.2, 0) is 22.3 Å². The normalized spacial score (nSPS) is 16.1. The standard InChI is InChI=1S/C22H24F3NO5/c1-28-20-11-15(8-9-19(20)30-13-16-5-4-10-29-16)12-26-21(27)14-31-18-7-3-2-6-17(18)22(23,24)25/h2-3,6-9,11,16H,4-5,10,12-14H2,1H3,(H,26,27). The first kappa shape index (κ1) is 22.7. The second-order valence-corrected chi connectivity index (χ2v) is 6.99. The summed E-state index contributed by atoms with van der Waals surface area (Å²) in [7, 11) is 1.52. The Morgan fingerprint density at radius 3 is 2.65 bits per heavy atom. The monoisotopic (exact) mass is 439 g/mol. The molecule has 0 aromatic heterocycles. The maximum atomic E-state index is 13.0. The summed E-state index contributed by atoms with van der Waals surface area (Å²) in [6.45, 7) is 0.802. The molecule has 1 aliphatic rings. The summed E-state index contributed by atoms with van der Waals surface area (Å²) in [6, 6.07) is 10.00. The molecule has 0 saturated carbocycles. The molecule has 9 heteroatoms. The topological polar surface area (TPSA) is 66.0 Å². The molecule has 0 bridgehead atoms. The molecular weight excluding hydrogens is 415 g/mol. The van der Waals surface area contributed by atoms with E-state index in [0.717, 1.165) is 31.1 Å². The van der Waals surface area contributed by atoms with E-state index >= 15 is 0 Å². The molecule has 1 heterocycles. The van der Waals surface area contributed by atoms with E-state index in [1.54, 1.807) is 18.2 Å². The third-order valence-corrected chi connectivity index (χ3v) is 4.72. The minimum Gasteiger partial charge on any atom is -0.493 e. The van der Waals surface area contributed by atoms with E-state index in [4.69, 9.17) is 18.9 Å². The molecule has 1 saturated heterocycles. The van der Waals surface area contributed by atoms with Gasteiger partial charge in [-0.05, 0) is 42.7 Å². The quantitative estimate of drug-likeness (QED) is 0.641. The van der Waals surface area contributed by atoms with Crippen molar-refractivity contribution < 1.29 is 36.9 Å². The second kappa shape index (κ2) is 10.4. The molecule has 6 nitrogen and oxygen atoms in total. The zero-order valence-electron chi connectivity index (χ0n) is 17.0. The average molecular weight is 439 g/mol. The molecule has 31 heavy (non-hydrogen) atoms. The van der Waals surface area contributed by atoms with Gasteiger partial charge in [0.05, 0.1) is 18.8 Å². The maximum Gasteiger partial charge on any atom is 0.419 e. The van der Waals surface area contributed by atoms with Crippen LogP contribution in [0.3, 0.4) is 0 Å². The predicted octanol–water partition coefficient (Wildman–Crippen LogP) is 3.97. The molecule has 3 rings (SSSR count). The first-order valence-corrected chi connectivity index (χ1v) is 9.84. The summed E-state index contributed by atoms with van der Waals surface area (Å²) in [4.78, 5) is 12.0. The second-order valence-electron chi connectivity index (χ2n) is 6.99. The van der Waals surface area contributed by atoms with Crippen LogP contribution in [0.25, 0.3) is 0 Å². The number of hydrogen-bond donors (Lipinski definition) is 1. The molecule has 0 radical (unpaired) electrons. The van der Waals surface area contributed by atoms with Crippen molar-refractivity contribution in [3.05, 3.63) is 53.6 Å². The van der Waals surface area contributed by atoms with Gasteiger partial charge in [0.25, 0.3) is 5.91 Å². The molecule has 1 atom stereocenters. The van der Waals surface area contributed by atoms with Crippen LogP contribution >= 0.6 is 0 Å². The molecule has 1 amide bonds. The van der Waals surface area contributed by atoms with E-state index in [0.29, 0.717) is 18.1 Å². The minimum absolute atomic E-state index is 0.0751. The Morgan fingerprint density at radius 2 is 1.94 bits per heavy atom. The summed E-state index contributed by atoms with van der Waals surface area (Å²) in [5.74, 6) is 0.148. The van der Waals surface area contributed by atoms with E-state index in [-0.39, 0.29) is 18.4 Å². The van der Waals surface area contributed by atoms with E-state index in [1.165, 1.54) is 25.3 Å². The van der Waals surface area contributed by atoms with Gasteiger partial charge in [0.2, 0.25) is 0 Å². The summed E-state index contributed by atoms with van der Waals surface area (Å²) in [5.41, 5.74) is -0.184. The van der Waals surface area contributed by atoms with Gasteiger partial charge < -0.3 is 24.3 Å². The average Bonchev–Trinajstić information content (AvgIpc) is 3.28. The summed E-state index contributed by atoms with van der Waals surface area (Å²) < 4.78 is 60.7. The van der Waals surface area contributed by atoms with Gasteiger partial charge in [-0.15, -0.1) is 0 Å². The van der Waals surface area contributed by atoms with Crippen molar-refractivity contribution in [1.29, 1.82) is 0 Å². The number of halogens is 3. The van der Waals surface area contributed by atoms with Gasteiger partial charge in [0.1, 0.15) is 12.4 Å². The number of hydrogen-bond acceptors (Lipinski definition) is 5. The maximum absolute atomic E-state index is 13.0. The fourth-order valence-electron chi connectivity index (χ4n) is 3.12. The van der Waals surface area contributed by atoms with Gasteiger partial charge in [-0.1, -0.05) is 18.2 Å². The fourth-order valence-corrected chi connectivity index (χ4v) is 3.12. The Hall–Kier alpha value is -2.94. The Kier molecular flexibility index (Phi) is 7.62. The van der Waals surface area contributed by atoms with Crippen molar-refractivity contribution in [2.75, 3.05) is 26.9 Å². The molecule has 0 aliphatic carbocycles. The van der Waals surface area contributed by atoms with Crippen molar-refractivity contribution in [2.45, 2.75) is 31.7 Å². The van der Waals surface area contributed by atoms with Crippen LogP contribution in [0.1, 0.15) is 24.0 Å². The van der Waals surface area contributed by atoms with E-state index in [9.17, 15) is 18.0 Å². The number of ether oxygens (including phenoxy) is 4. The van der Waals surface area contributed by atoms with Crippen molar-refractivity contribution in [1.82, 2.24) is 5.32 Å². The summed E-state index contributed by atoms with van der Waals surface area (Å²) >= 11 is 0. The molecule has 1 aliphatic heterocycles. The molecule has 1 fully saturated rings. The lowest BCUT2D eigenvalue weighted by Crippen LogP contribution is -2.28. The van der Waals surface area contributed by atoms with Gasteiger partial charge in [-0.3, -0.25) is 4.79 Å². The number of nitrogens with one attached hydrogen (secondary N) is 1. The number of rotatable bonds is 9. The lowest BCUT2D eigenvalue weighted by atomic mass is 10.2. The molecular formula is C22H24F3NO5. The van der Waals surface area contributed by atoms with Crippen molar-refractivity contribution in [3.8, 4) is 17.2 Å². The van der Waals surface area contributed by atoms with Crippen LogP contribution in [-0.4, -0.2) is 38.9 Å². The number of methoxy groups -OCH3 is 1. The Morgan fingerprint density at radius 1 is 1.13 bits per heavy atom. The smallest absolute Gasteiger partial charge is 0.419 e. The zero-order valence-corrected chi connectivity index (χ0v) is 17.0. The number of amides is 1. The van der Waals surface area contributed by atoms with Crippen LogP contribution < -0.4 is 19.5 Å². The zero-order chi connectivity index (χ0) is 22.3. The predicted molar refractivity (Wildman–Crippen MR) is 106 cm³/mol. The highest BCUT2D eigenvalue weighted by Crippen LogP contribution is 2.35. The van der Waals surface area contributed by atoms with Crippen LogP contribution in [0, 0.1) is 0 Å². The van der Waals surface area contributed by atoms with Crippen molar-refractivity contribution in [2.24, 2.45) is 0 Å². The lowest BCUT2D eigenvalue weighted by Gasteiger charge is -2.15. The number of carbonyl (C=O) groups is 1. The van der Waals surface area contributed by atoms with Crippen LogP contribution in [0.5, 0.6) is 17.2 Å². The van der Waals surface area contributed by atoms with Gasteiger partial charge in [-0.25, -0.2) is 0 Å². The fraction of sp³-hybridized carbons (Fsp3) is 0.409. The van der Waals surface area contributed by atoms with Crippen molar-refractivity contribution >= 4 is 5.91 Å². The number of benzene rings is 2. The summed E-state index contributed by atoms with van der Waals surface area (Å²) in [6.07, 6.45) is -2.50. The number of para-hydroxylation sites is 1. The van der Waals surface area contributed by atoms with Crippen molar-refractivity contribution in [3.63, 3.8) is 0 Å². The molecule has 168 valence electrons. The first-order chi connectivity index (χ1) is 14.9. The Labute approximate surface area is 178 Å². The molecule has 0 spiro atoms. The Balaban J connectivity index is 1.51. The highest BCUT2D eigenvalue weighted by molar-refractivity contribution is 5.77. The van der Waals surface area contributed by atoms with E-state index < -0.39 is 24.3 Å². The van der Waals surface area contributed by atoms with E-state index in [2.05, 4.69) is 5.32 Å². The molecule has 1 unspecified atom stereocenters. The third-order valence-electron chi connectivity index (χ3n) is 4.72. The molecule has 2 aromatic carbocycles. The number of alkyl halides is 3. The van der Waals surface area contributed by atoms with Crippen LogP contribution in [0.15, 0.2) is 42.5 Å².